The van der Waals surface area contributed by atoms with E-state index in [1.807, 2.05) is 24.3 Å². The molecule has 0 spiro atoms. The van der Waals surface area contributed by atoms with E-state index in [4.69, 9.17) is 0 Å². The van der Waals surface area contributed by atoms with Gasteiger partial charge < -0.3 is 5.32 Å². The van der Waals surface area contributed by atoms with Crippen molar-refractivity contribution in [3.05, 3.63) is 95.1 Å². The molecule has 1 N–H and O–H groups in total. The Morgan fingerprint density at radius 3 is 1.52 bits per heavy atom. The summed E-state index contributed by atoms with van der Waals surface area (Å²) in [6, 6.07) is 23.3. The summed E-state index contributed by atoms with van der Waals surface area (Å²) >= 11 is 0. The van der Waals surface area contributed by atoms with Gasteiger partial charge in [0.15, 0.2) is 0 Å². The molecule has 0 aromatic heterocycles. The number of nitrogens with one attached hydrogen (secondary N) is 1. The van der Waals surface area contributed by atoms with Gasteiger partial charge in [-0.25, -0.2) is 4.90 Å². The summed E-state index contributed by atoms with van der Waals surface area (Å²) in [7, 11) is 0. The largest absolute Gasteiger partial charge is 0.326 e. The Balaban J connectivity index is 1.46. The Hall–Kier alpha value is -3.73. The maximum absolute atomic E-state index is 13.7. The number of rotatable bonds is 2. The molecule has 3 aliphatic carbocycles. The quantitative estimate of drug-likeness (QED) is 0.651. The van der Waals surface area contributed by atoms with Gasteiger partial charge in [0, 0.05) is 24.4 Å². The van der Waals surface area contributed by atoms with Gasteiger partial charge in [-0.2, -0.15) is 0 Å². The molecule has 1 heterocycles. The van der Waals surface area contributed by atoms with E-state index in [1.165, 1.54) is 11.8 Å². The standard InChI is InChI=1S/C26H20N2O3/c1-14(29)27-15-10-12-16(13-11-15)28-25(30)23-21-17-6-2-3-7-18(17)22(24(23)26(28)31)20-9-5-4-8-19(20)21/h2-13,21-24H,1H3,(H,27,29)/t21?,22?,23-,24-/m0/s1. The lowest BCUT2D eigenvalue weighted by Crippen LogP contribution is -2.41. The lowest BCUT2D eigenvalue weighted by atomic mass is 9.55. The molecule has 5 heteroatoms. The summed E-state index contributed by atoms with van der Waals surface area (Å²) in [6.45, 7) is 1.44. The third kappa shape index (κ3) is 2.40. The first-order chi connectivity index (χ1) is 15.1. The highest BCUT2D eigenvalue weighted by atomic mass is 16.2. The van der Waals surface area contributed by atoms with Gasteiger partial charge in [-0.15, -0.1) is 0 Å². The number of anilines is 2. The Morgan fingerprint density at radius 2 is 1.13 bits per heavy atom. The first kappa shape index (κ1) is 18.1. The Morgan fingerprint density at radius 1 is 0.710 bits per heavy atom. The molecule has 31 heavy (non-hydrogen) atoms. The van der Waals surface area contributed by atoms with E-state index in [2.05, 4.69) is 29.6 Å². The van der Waals surface area contributed by atoms with Crippen LogP contribution in [0.3, 0.4) is 0 Å². The van der Waals surface area contributed by atoms with Gasteiger partial charge in [0.2, 0.25) is 17.7 Å². The number of hydrogen-bond acceptors (Lipinski definition) is 3. The zero-order valence-corrected chi connectivity index (χ0v) is 16.9. The minimum Gasteiger partial charge on any atom is -0.326 e. The highest BCUT2D eigenvalue weighted by Gasteiger charge is 2.61. The smallest absolute Gasteiger partial charge is 0.238 e. The van der Waals surface area contributed by atoms with Gasteiger partial charge in [-0.05, 0) is 46.5 Å². The van der Waals surface area contributed by atoms with E-state index in [1.54, 1.807) is 24.3 Å². The van der Waals surface area contributed by atoms with Crippen molar-refractivity contribution in [2.75, 3.05) is 10.2 Å². The Bertz CT molecular complexity index is 1150. The SMILES string of the molecule is CC(=O)Nc1ccc(N2C(=O)[C@H]3C4c5ccccc5C(c5ccccc54)[C@@H]3C2=O)cc1. The molecule has 5 nitrogen and oxygen atoms in total. The summed E-state index contributed by atoms with van der Waals surface area (Å²) < 4.78 is 0. The van der Waals surface area contributed by atoms with Crippen LogP contribution in [-0.4, -0.2) is 17.7 Å². The summed E-state index contributed by atoms with van der Waals surface area (Å²) in [5.74, 6) is -1.44. The molecular weight excluding hydrogens is 388 g/mol. The Labute approximate surface area is 179 Å². The van der Waals surface area contributed by atoms with Crippen LogP contribution in [0, 0.1) is 11.8 Å². The van der Waals surface area contributed by atoms with E-state index in [0.717, 1.165) is 22.3 Å². The molecule has 1 aliphatic heterocycles. The average molecular weight is 408 g/mol. The second kappa shape index (κ2) is 6.38. The van der Waals surface area contributed by atoms with Gasteiger partial charge in [-0.3, -0.25) is 14.4 Å². The van der Waals surface area contributed by atoms with E-state index < -0.39 is 11.8 Å². The molecule has 3 aromatic carbocycles. The molecular formula is C26H20N2O3. The molecule has 0 unspecified atom stereocenters. The molecule has 0 saturated carbocycles. The highest BCUT2D eigenvalue weighted by Crippen LogP contribution is 2.61. The predicted molar refractivity (Wildman–Crippen MR) is 117 cm³/mol. The normalized spacial score (nSPS) is 25.1. The van der Waals surface area contributed by atoms with Crippen molar-refractivity contribution in [1.29, 1.82) is 0 Å². The number of imide groups is 1. The molecule has 0 radical (unpaired) electrons. The van der Waals surface area contributed by atoms with Crippen LogP contribution in [0.2, 0.25) is 0 Å². The van der Waals surface area contributed by atoms with Crippen molar-refractivity contribution >= 4 is 29.1 Å². The highest BCUT2D eigenvalue weighted by molar-refractivity contribution is 6.23. The van der Waals surface area contributed by atoms with Crippen LogP contribution in [-0.2, 0) is 14.4 Å². The fourth-order valence-electron chi connectivity index (χ4n) is 5.83. The van der Waals surface area contributed by atoms with Crippen molar-refractivity contribution in [2.45, 2.75) is 18.8 Å². The maximum Gasteiger partial charge on any atom is 0.238 e. The summed E-state index contributed by atoms with van der Waals surface area (Å²) in [4.78, 5) is 40.0. The van der Waals surface area contributed by atoms with E-state index in [0.29, 0.717) is 11.4 Å². The molecule has 3 amide bonds. The molecule has 7 rings (SSSR count). The predicted octanol–water partition coefficient (Wildman–Crippen LogP) is 4.04. The number of benzene rings is 3. The van der Waals surface area contributed by atoms with Gasteiger partial charge in [0.25, 0.3) is 0 Å². The van der Waals surface area contributed by atoms with Crippen molar-refractivity contribution in [1.82, 2.24) is 0 Å². The summed E-state index contributed by atoms with van der Waals surface area (Å²) in [6.07, 6.45) is 0. The van der Waals surface area contributed by atoms with Crippen molar-refractivity contribution in [3.63, 3.8) is 0 Å². The number of amides is 3. The molecule has 4 aliphatic rings. The number of hydrogen-bond donors (Lipinski definition) is 1. The van der Waals surface area contributed by atoms with Gasteiger partial charge in [0.1, 0.15) is 0 Å². The third-order valence-electron chi connectivity index (χ3n) is 6.89. The van der Waals surface area contributed by atoms with Gasteiger partial charge in [0.05, 0.1) is 17.5 Å². The minimum absolute atomic E-state index is 0.109. The van der Waals surface area contributed by atoms with E-state index in [9.17, 15) is 14.4 Å². The molecule has 2 atom stereocenters. The van der Waals surface area contributed by atoms with Crippen LogP contribution >= 0.6 is 0 Å². The van der Waals surface area contributed by atoms with Gasteiger partial charge >= 0.3 is 0 Å². The summed E-state index contributed by atoms with van der Waals surface area (Å²) in [5.41, 5.74) is 5.83. The molecule has 3 aromatic rings. The second-order valence-electron chi connectivity index (χ2n) is 8.50. The fraction of sp³-hybridized carbons (Fsp3) is 0.192. The van der Waals surface area contributed by atoms with Crippen molar-refractivity contribution in [2.24, 2.45) is 11.8 Å². The molecule has 1 fully saturated rings. The third-order valence-corrected chi connectivity index (χ3v) is 6.89. The minimum atomic E-state index is -0.391. The fourth-order valence-corrected chi connectivity index (χ4v) is 5.83. The topological polar surface area (TPSA) is 66.5 Å². The zero-order chi connectivity index (χ0) is 21.3. The summed E-state index contributed by atoms with van der Waals surface area (Å²) in [5, 5.41) is 2.72. The van der Waals surface area contributed by atoms with E-state index in [-0.39, 0.29) is 29.6 Å². The van der Waals surface area contributed by atoms with Crippen LogP contribution in [0.5, 0.6) is 0 Å². The van der Waals surface area contributed by atoms with Crippen molar-refractivity contribution < 1.29 is 14.4 Å². The first-order valence-electron chi connectivity index (χ1n) is 10.5. The Kier molecular flexibility index (Phi) is 3.72. The van der Waals surface area contributed by atoms with Crippen LogP contribution < -0.4 is 10.2 Å². The van der Waals surface area contributed by atoms with E-state index >= 15 is 0 Å². The second-order valence-corrected chi connectivity index (χ2v) is 8.50. The monoisotopic (exact) mass is 408 g/mol. The van der Waals surface area contributed by atoms with Crippen LogP contribution in [0.4, 0.5) is 11.4 Å². The van der Waals surface area contributed by atoms with Crippen LogP contribution in [0.1, 0.15) is 41.0 Å². The lowest BCUT2D eigenvalue weighted by Gasteiger charge is -2.45. The number of nitrogens with zero attached hydrogens (tertiary/aromatic N) is 1. The van der Waals surface area contributed by atoms with Gasteiger partial charge in [-0.1, -0.05) is 48.5 Å². The molecule has 2 bridgehead atoms. The van der Waals surface area contributed by atoms with Crippen LogP contribution in [0.25, 0.3) is 0 Å². The zero-order valence-electron chi connectivity index (χ0n) is 16.9. The lowest BCUT2D eigenvalue weighted by molar-refractivity contribution is -0.122. The first-order valence-corrected chi connectivity index (χ1v) is 10.5. The number of carbonyl (C=O) groups is 3. The average Bonchev–Trinajstić information content (AvgIpc) is 3.05. The van der Waals surface area contributed by atoms with Crippen molar-refractivity contribution in [3.8, 4) is 0 Å². The van der Waals surface area contributed by atoms with Crippen LogP contribution in [0.15, 0.2) is 72.8 Å². The maximum atomic E-state index is 13.7. The molecule has 1 saturated heterocycles. The molecule has 152 valence electrons. The number of carbonyl (C=O) groups excluding carboxylic acids is 3.